The minimum atomic E-state index is -4.84. The van der Waals surface area contributed by atoms with Crippen LogP contribution in [-0.2, 0) is 9.53 Å². The minimum Gasteiger partial charge on any atom is -0.406 e. The summed E-state index contributed by atoms with van der Waals surface area (Å²) >= 11 is 0. The van der Waals surface area contributed by atoms with E-state index in [1.54, 1.807) is 38.4 Å². The number of ether oxygens (including phenoxy) is 2. The molecular weight excluding hydrogens is 465 g/mol. The summed E-state index contributed by atoms with van der Waals surface area (Å²) in [6.07, 6.45) is -0.255. The average Bonchev–Trinajstić information content (AvgIpc) is 3.37. The number of benzene rings is 1. The van der Waals surface area contributed by atoms with Gasteiger partial charge in [-0.25, -0.2) is 9.69 Å². The normalized spacial score (nSPS) is 19.5. The Kier molecular flexibility index (Phi) is 7.00. The second-order valence-electron chi connectivity index (χ2n) is 8.95. The van der Waals surface area contributed by atoms with Gasteiger partial charge >= 0.3 is 12.4 Å². The van der Waals surface area contributed by atoms with Crippen LogP contribution in [-0.4, -0.2) is 64.9 Å². The number of carbonyl (C=O) groups excluding carboxylic acids is 2. The van der Waals surface area contributed by atoms with Gasteiger partial charge in [-0.2, -0.15) is 0 Å². The van der Waals surface area contributed by atoms with E-state index >= 15 is 0 Å². The highest BCUT2D eigenvalue weighted by Crippen LogP contribution is 2.39. The van der Waals surface area contributed by atoms with E-state index in [1.807, 2.05) is 0 Å². The Balaban J connectivity index is 1.59. The zero-order chi connectivity index (χ0) is 25.2. The Morgan fingerprint density at radius 2 is 1.66 bits per heavy atom. The van der Waals surface area contributed by atoms with Crippen LogP contribution in [0.3, 0.4) is 0 Å². The van der Waals surface area contributed by atoms with Gasteiger partial charge < -0.3 is 14.4 Å². The fraction of sp³-hybridized carbons (Fsp3) is 0.458. The molecule has 3 heterocycles. The van der Waals surface area contributed by atoms with Crippen molar-refractivity contribution in [3.63, 3.8) is 0 Å². The Labute approximate surface area is 201 Å². The van der Waals surface area contributed by atoms with Crippen molar-refractivity contribution in [2.75, 3.05) is 31.1 Å². The van der Waals surface area contributed by atoms with Gasteiger partial charge in [-0.15, -0.1) is 13.2 Å². The first-order valence-corrected chi connectivity index (χ1v) is 11.4. The van der Waals surface area contributed by atoms with Gasteiger partial charge in [0, 0.05) is 24.5 Å². The summed E-state index contributed by atoms with van der Waals surface area (Å²) in [4.78, 5) is 35.6. The van der Waals surface area contributed by atoms with E-state index in [4.69, 9.17) is 4.74 Å². The molecule has 1 unspecified atom stereocenters. The number of anilines is 1. The van der Waals surface area contributed by atoms with Crippen LogP contribution < -0.4 is 9.64 Å². The van der Waals surface area contributed by atoms with Crippen molar-refractivity contribution >= 4 is 17.6 Å². The van der Waals surface area contributed by atoms with Gasteiger partial charge in [0.15, 0.2) is 6.23 Å². The average molecular weight is 492 g/mol. The van der Waals surface area contributed by atoms with Gasteiger partial charge in [0.05, 0.1) is 12.3 Å². The zero-order valence-electron chi connectivity index (χ0n) is 19.5. The number of halogens is 3. The first kappa shape index (κ1) is 24.9. The lowest BCUT2D eigenvalue weighted by Crippen LogP contribution is -2.47. The van der Waals surface area contributed by atoms with E-state index in [2.05, 4.69) is 14.6 Å². The molecule has 35 heavy (non-hydrogen) atoms. The Morgan fingerprint density at radius 3 is 2.26 bits per heavy atom. The minimum absolute atomic E-state index is 0.135. The number of carbonyl (C=O) groups is 2. The first-order valence-electron chi connectivity index (χ1n) is 11.4. The SMILES string of the molecule is CC1(C)C(=O)N(c2ccc(OC(F)(F)F)cc2)C(=O)N1C(OCCN1CCCC1)c1ccncc1. The number of rotatable bonds is 8. The molecule has 1 atom stereocenters. The monoisotopic (exact) mass is 492 g/mol. The van der Waals surface area contributed by atoms with Crippen molar-refractivity contribution in [2.45, 2.75) is 44.8 Å². The van der Waals surface area contributed by atoms with Crippen molar-refractivity contribution in [3.8, 4) is 5.75 Å². The number of alkyl halides is 3. The fourth-order valence-electron chi connectivity index (χ4n) is 4.38. The molecule has 0 saturated carbocycles. The number of hydrogen-bond donors (Lipinski definition) is 0. The first-order chi connectivity index (χ1) is 16.6. The van der Waals surface area contributed by atoms with Gasteiger partial charge in [-0.05, 0) is 76.2 Å². The third kappa shape index (κ3) is 5.40. The number of likely N-dealkylation sites (tertiary alicyclic amines) is 1. The van der Waals surface area contributed by atoms with E-state index < -0.39 is 35.8 Å². The number of aromatic nitrogens is 1. The number of amides is 3. The molecule has 0 aliphatic carbocycles. The summed E-state index contributed by atoms with van der Waals surface area (Å²) in [6, 6.07) is 7.42. The summed E-state index contributed by atoms with van der Waals surface area (Å²) in [5.41, 5.74) is -0.484. The molecule has 2 saturated heterocycles. The molecule has 2 aliphatic rings. The Morgan fingerprint density at radius 1 is 1.03 bits per heavy atom. The Hall–Kier alpha value is -3.18. The summed E-state index contributed by atoms with van der Waals surface area (Å²) < 4.78 is 47.6. The van der Waals surface area contributed by atoms with Crippen LogP contribution in [0.2, 0.25) is 0 Å². The predicted octanol–water partition coefficient (Wildman–Crippen LogP) is 4.34. The molecule has 11 heteroatoms. The van der Waals surface area contributed by atoms with Crippen LogP contribution in [0.1, 0.15) is 38.5 Å². The molecule has 0 N–H and O–H groups in total. The second kappa shape index (κ2) is 9.82. The predicted molar refractivity (Wildman–Crippen MR) is 121 cm³/mol. The van der Waals surface area contributed by atoms with Crippen molar-refractivity contribution in [1.29, 1.82) is 0 Å². The number of urea groups is 1. The molecule has 3 amide bonds. The number of nitrogens with zero attached hydrogens (tertiary/aromatic N) is 4. The van der Waals surface area contributed by atoms with E-state index in [0.29, 0.717) is 18.7 Å². The van der Waals surface area contributed by atoms with Crippen LogP contribution in [0.5, 0.6) is 5.75 Å². The number of pyridine rings is 1. The molecule has 1 aromatic heterocycles. The van der Waals surface area contributed by atoms with E-state index in [9.17, 15) is 22.8 Å². The van der Waals surface area contributed by atoms with Gasteiger partial charge in [-0.1, -0.05) is 0 Å². The maximum atomic E-state index is 13.6. The molecule has 2 fully saturated rings. The van der Waals surface area contributed by atoms with E-state index in [0.717, 1.165) is 43.0 Å². The highest BCUT2D eigenvalue weighted by atomic mass is 19.4. The lowest BCUT2D eigenvalue weighted by Gasteiger charge is -2.35. The van der Waals surface area contributed by atoms with Crippen LogP contribution in [0.15, 0.2) is 48.8 Å². The molecule has 4 rings (SSSR count). The third-order valence-electron chi connectivity index (χ3n) is 6.16. The van der Waals surface area contributed by atoms with Gasteiger partial charge in [0.2, 0.25) is 0 Å². The van der Waals surface area contributed by atoms with Crippen molar-refractivity contribution in [1.82, 2.24) is 14.8 Å². The number of imide groups is 1. The molecule has 1 aromatic carbocycles. The zero-order valence-corrected chi connectivity index (χ0v) is 19.5. The topological polar surface area (TPSA) is 75.2 Å². The molecule has 8 nitrogen and oxygen atoms in total. The molecule has 188 valence electrons. The summed E-state index contributed by atoms with van der Waals surface area (Å²) in [7, 11) is 0. The highest BCUT2D eigenvalue weighted by molar-refractivity contribution is 6.23. The lowest BCUT2D eigenvalue weighted by molar-refractivity contribution is -0.274. The Bertz CT molecular complexity index is 1040. The molecule has 2 aliphatic heterocycles. The molecule has 2 aromatic rings. The van der Waals surface area contributed by atoms with Gasteiger partial charge in [0.25, 0.3) is 5.91 Å². The maximum absolute atomic E-state index is 13.6. The molecule has 0 spiro atoms. The fourth-order valence-corrected chi connectivity index (χ4v) is 4.38. The largest absolute Gasteiger partial charge is 0.573 e. The van der Waals surface area contributed by atoms with Crippen molar-refractivity contribution in [2.24, 2.45) is 0 Å². The summed E-state index contributed by atoms with van der Waals surface area (Å²) in [5, 5.41) is 0. The van der Waals surface area contributed by atoms with Crippen LogP contribution in [0.4, 0.5) is 23.7 Å². The highest BCUT2D eigenvalue weighted by Gasteiger charge is 2.55. The number of hydrogen-bond acceptors (Lipinski definition) is 6. The molecule has 0 bridgehead atoms. The third-order valence-corrected chi connectivity index (χ3v) is 6.16. The molecule has 0 radical (unpaired) electrons. The lowest BCUT2D eigenvalue weighted by atomic mass is 10.0. The summed E-state index contributed by atoms with van der Waals surface area (Å²) in [5.74, 6) is -0.967. The second-order valence-corrected chi connectivity index (χ2v) is 8.95. The van der Waals surface area contributed by atoms with Crippen molar-refractivity contribution in [3.05, 3.63) is 54.4 Å². The van der Waals surface area contributed by atoms with Crippen LogP contribution in [0, 0.1) is 0 Å². The van der Waals surface area contributed by atoms with Gasteiger partial charge in [0.1, 0.15) is 11.3 Å². The summed E-state index contributed by atoms with van der Waals surface area (Å²) in [6.45, 7) is 6.28. The van der Waals surface area contributed by atoms with Crippen molar-refractivity contribution < 1.29 is 32.2 Å². The molecular formula is C24H27F3N4O4. The van der Waals surface area contributed by atoms with E-state index in [1.165, 1.54) is 17.0 Å². The smallest absolute Gasteiger partial charge is 0.406 e. The van der Waals surface area contributed by atoms with E-state index in [-0.39, 0.29) is 5.69 Å². The van der Waals surface area contributed by atoms with Crippen LogP contribution >= 0.6 is 0 Å². The van der Waals surface area contributed by atoms with Gasteiger partial charge in [-0.3, -0.25) is 14.7 Å². The van der Waals surface area contributed by atoms with Crippen LogP contribution in [0.25, 0.3) is 0 Å². The standard InChI is InChI=1S/C24H27F3N4O4/c1-23(2)21(32)30(18-5-7-19(8-6-18)35-24(25,26)27)22(33)31(23)20(17-9-11-28-12-10-17)34-16-15-29-13-3-4-14-29/h5-12,20H,3-4,13-16H2,1-2H3. The quantitative estimate of drug-likeness (QED) is 0.511. The maximum Gasteiger partial charge on any atom is 0.573 e.